The highest BCUT2D eigenvalue weighted by Crippen LogP contribution is 2.28. The summed E-state index contributed by atoms with van der Waals surface area (Å²) >= 11 is 0. The van der Waals surface area contributed by atoms with Crippen LogP contribution in [0.5, 0.6) is 0 Å². The Labute approximate surface area is 119 Å². The Hall–Kier alpha value is -1.84. The van der Waals surface area contributed by atoms with Gasteiger partial charge in [0.25, 0.3) is 0 Å². The van der Waals surface area contributed by atoms with Crippen LogP contribution in [0.25, 0.3) is 0 Å². The van der Waals surface area contributed by atoms with Crippen molar-refractivity contribution in [3.63, 3.8) is 0 Å². The molecule has 1 saturated carbocycles. The first-order chi connectivity index (χ1) is 9.74. The molecule has 1 aliphatic heterocycles. The number of anilines is 1. The second kappa shape index (κ2) is 5.65. The summed E-state index contributed by atoms with van der Waals surface area (Å²) in [5.74, 6) is -0.0213. The Bertz CT molecular complexity index is 521. The molecule has 0 bridgehead atoms. The Morgan fingerprint density at radius 1 is 1.20 bits per heavy atom. The Balaban J connectivity index is 1.62. The zero-order valence-corrected chi connectivity index (χ0v) is 11.6. The molecule has 106 valence electrons. The summed E-state index contributed by atoms with van der Waals surface area (Å²) in [5.41, 5.74) is 1.90. The van der Waals surface area contributed by atoms with Crippen LogP contribution in [0.4, 0.5) is 5.69 Å². The van der Waals surface area contributed by atoms with E-state index in [4.69, 9.17) is 0 Å². The van der Waals surface area contributed by atoms with Gasteiger partial charge in [0.2, 0.25) is 11.8 Å². The predicted octanol–water partition coefficient (Wildman–Crippen LogP) is 2.02. The lowest BCUT2D eigenvalue weighted by molar-refractivity contribution is -0.123. The fraction of sp³-hybridized carbons (Fsp3) is 0.500. The van der Waals surface area contributed by atoms with E-state index in [1.54, 1.807) is 4.90 Å². The van der Waals surface area contributed by atoms with Gasteiger partial charge in [-0.25, -0.2) is 0 Å². The van der Waals surface area contributed by atoms with E-state index in [9.17, 15) is 9.59 Å². The van der Waals surface area contributed by atoms with Gasteiger partial charge in [-0.05, 0) is 24.5 Å². The van der Waals surface area contributed by atoms with Gasteiger partial charge >= 0.3 is 0 Å². The Morgan fingerprint density at radius 2 is 1.95 bits per heavy atom. The number of nitrogens with zero attached hydrogens (tertiary/aromatic N) is 1. The smallest absolute Gasteiger partial charge is 0.240 e. The first-order valence-electron chi connectivity index (χ1n) is 7.41. The molecular weight excluding hydrogens is 252 g/mol. The van der Waals surface area contributed by atoms with Gasteiger partial charge in [0, 0.05) is 11.7 Å². The molecule has 2 amide bonds. The minimum atomic E-state index is -0.0399. The predicted molar refractivity (Wildman–Crippen MR) is 77.5 cm³/mol. The lowest BCUT2D eigenvalue weighted by atomic mass is 9.95. The van der Waals surface area contributed by atoms with Crippen LogP contribution in [0.3, 0.4) is 0 Å². The molecule has 1 aliphatic carbocycles. The number of carbonyl (C=O) groups is 2. The normalized spacial score (nSPS) is 19.0. The second-order valence-corrected chi connectivity index (χ2v) is 5.69. The van der Waals surface area contributed by atoms with E-state index in [1.807, 2.05) is 24.3 Å². The average molecular weight is 272 g/mol. The monoisotopic (exact) mass is 272 g/mol. The van der Waals surface area contributed by atoms with E-state index >= 15 is 0 Å². The number of amides is 2. The third-order valence-electron chi connectivity index (χ3n) is 4.20. The summed E-state index contributed by atoms with van der Waals surface area (Å²) in [6.45, 7) is 0.145. The van der Waals surface area contributed by atoms with Gasteiger partial charge in [-0.3, -0.25) is 9.59 Å². The maximum atomic E-state index is 12.1. The molecule has 1 heterocycles. The van der Waals surface area contributed by atoms with E-state index in [0.717, 1.165) is 24.1 Å². The zero-order chi connectivity index (χ0) is 13.9. The molecular formula is C16H20N2O2. The van der Waals surface area contributed by atoms with E-state index in [-0.39, 0.29) is 18.4 Å². The van der Waals surface area contributed by atoms with Gasteiger partial charge < -0.3 is 10.2 Å². The largest absolute Gasteiger partial charge is 0.352 e. The first kappa shape index (κ1) is 13.2. The summed E-state index contributed by atoms with van der Waals surface area (Å²) in [6.07, 6.45) is 6.19. The summed E-state index contributed by atoms with van der Waals surface area (Å²) in [7, 11) is 0. The first-order valence-corrected chi connectivity index (χ1v) is 7.41. The Kier molecular flexibility index (Phi) is 3.72. The number of carbonyl (C=O) groups excluding carboxylic acids is 2. The molecule has 4 nitrogen and oxygen atoms in total. The van der Waals surface area contributed by atoms with E-state index in [1.165, 1.54) is 19.3 Å². The van der Waals surface area contributed by atoms with Crippen LogP contribution in [-0.4, -0.2) is 24.4 Å². The maximum Gasteiger partial charge on any atom is 0.240 e. The maximum absolute atomic E-state index is 12.1. The number of fused-ring (bicyclic) bond motifs is 1. The summed E-state index contributed by atoms with van der Waals surface area (Å²) < 4.78 is 0. The minimum absolute atomic E-state index is 0.0185. The molecule has 1 aromatic rings. The molecule has 1 N–H and O–H groups in total. The van der Waals surface area contributed by atoms with Crippen molar-refractivity contribution in [2.24, 2.45) is 0 Å². The highest BCUT2D eigenvalue weighted by Gasteiger charge is 2.28. The number of rotatable bonds is 3. The molecule has 0 atom stereocenters. The second-order valence-electron chi connectivity index (χ2n) is 5.69. The number of hydrogen-bond donors (Lipinski definition) is 1. The molecule has 0 radical (unpaired) electrons. The van der Waals surface area contributed by atoms with Crippen molar-refractivity contribution < 1.29 is 9.59 Å². The molecule has 2 aliphatic rings. The number of para-hydroxylation sites is 1. The highest BCUT2D eigenvalue weighted by atomic mass is 16.2. The quantitative estimate of drug-likeness (QED) is 0.915. The van der Waals surface area contributed by atoms with Gasteiger partial charge in [0.05, 0.1) is 6.42 Å². The molecule has 1 aromatic carbocycles. The van der Waals surface area contributed by atoms with Gasteiger partial charge in [-0.2, -0.15) is 0 Å². The zero-order valence-electron chi connectivity index (χ0n) is 11.6. The van der Waals surface area contributed by atoms with Gasteiger partial charge in [0.1, 0.15) is 6.54 Å². The third-order valence-corrected chi connectivity index (χ3v) is 4.20. The summed E-state index contributed by atoms with van der Waals surface area (Å²) in [6, 6.07) is 7.99. The van der Waals surface area contributed by atoms with Crippen molar-refractivity contribution in [3.8, 4) is 0 Å². The fourth-order valence-electron chi connectivity index (χ4n) is 3.15. The van der Waals surface area contributed by atoms with Crippen LogP contribution in [0.2, 0.25) is 0 Å². The molecule has 0 spiro atoms. The van der Waals surface area contributed by atoms with Gasteiger partial charge in [0.15, 0.2) is 0 Å². The van der Waals surface area contributed by atoms with Crippen molar-refractivity contribution in [1.82, 2.24) is 5.32 Å². The van der Waals surface area contributed by atoms with Crippen LogP contribution >= 0.6 is 0 Å². The van der Waals surface area contributed by atoms with Crippen molar-refractivity contribution in [2.45, 2.75) is 44.6 Å². The molecule has 1 fully saturated rings. The van der Waals surface area contributed by atoms with Gasteiger partial charge in [-0.1, -0.05) is 37.5 Å². The fourth-order valence-corrected chi connectivity index (χ4v) is 3.15. The van der Waals surface area contributed by atoms with Gasteiger partial charge in [-0.15, -0.1) is 0 Å². The third kappa shape index (κ3) is 2.69. The standard InChI is InChI=1S/C16H20N2O2/c19-15(17-13-7-2-1-3-8-13)11-18-14-9-5-4-6-12(14)10-16(18)20/h4-6,9,13H,1-3,7-8,10-11H2,(H,17,19). The van der Waals surface area contributed by atoms with Crippen LogP contribution in [0.1, 0.15) is 37.7 Å². The summed E-state index contributed by atoms with van der Waals surface area (Å²) in [4.78, 5) is 25.7. The van der Waals surface area contributed by atoms with Crippen molar-refractivity contribution in [2.75, 3.05) is 11.4 Å². The molecule has 0 saturated heterocycles. The van der Waals surface area contributed by atoms with Crippen LogP contribution < -0.4 is 10.2 Å². The molecule has 3 rings (SSSR count). The minimum Gasteiger partial charge on any atom is -0.352 e. The molecule has 0 aromatic heterocycles. The van der Waals surface area contributed by atoms with E-state index < -0.39 is 0 Å². The van der Waals surface area contributed by atoms with Crippen LogP contribution in [0, 0.1) is 0 Å². The summed E-state index contributed by atoms with van der Waals surface area (Å²) in [5, 5.41) is 3.06. The van der Waals surface area contributed by atoms with E-state index in [2.05, 4.69) is 5.32 Å². The number of benzene rings is 1. The lowest BCUT2D eigenvalue weighted by Crippen LogP contribution is -2.43. The van der Waals surface area contributed by atoms with Crippen LogP contribution in [0.15, 0.2) is 24.3 Å². The lowest BCUT2D eigenvalue weighted by Gasteiger charge is -2.24. The number of hydrogen-bond acceptors (Lipinski definition) is 2. The van der Waals surface area contributed by atoms with Crippen molar-refractivity contribution in [3.05, 3.63) is 29.8 Å². The molecule has 20 heavy (non-hydrogen) atoms. The Morgan fingerprint density at radius 3 is 2.75 bits per heavy atom. The van der Waals surface area contributed by atoms with Crippen molar-refractivity contribution in [1.29, 1.82) is 0 Å². The van der Waals surface area contributed by atoms with Crippen molar-refractivity contribution >= 4 is 17.5 Å². The van der Waals surface area contributed by atoms with Crippen LogP contribution in [-0.2, 0) is 16.0 Å². The molecule has 0 unspecified atom stereocenters. The molecule has 4 heteroatoms. The average Bonchev–Trinajstić information content (AvgIpc) is 2.76. The number of nitrogens with one attached hydrogen (secondary N) is 1. The van der Waals surface area contributed by atoms with E-state index in [0.29, 0.717) is 12.5 Å². The highest BCUT2D eigenvalue weighted by molar-refractivity contribution is 6.04. The SMILES string of the molecule is O=C(CN1C(=O)Cc2ccccc21)NC1CCCCC1. The topological polar surface area (TPSA) is 49.4 Å².